The Balaban J connectivity index is 2.74. The number of anilines is 1. The largest absolute Gasteiger partial charge is 0.495 e. The van der Waals surface area contributed by atoms with Crippen LogP contribution in [0.5, 0.6) is 5.75 Å². The van der Waals surface area contributed by atoms with Crippen LogP contribution in [0, 0.1) is 6.92 Å². The summed E-state index contributed by atoms with van der Waals surface area (Å²) in [5.74, 6) is 0.812. The summed E-state index contributed by atoms with van der Waals surface area (Å²) in [7, 11) is 1.65. The Hall–Kier alpha value is -0.930. The number of ether oxygens (including phenoxy) is 1. The van der Waals surface area contributed by atoms with E-state index in [2.05, 4.69) is 5.32 Å². The minimum Gasteiger partial charge on any atom is -0.495 e. The number of nitrogens with one attached hydrogen (secondary N) is 1. The molecule has 1 atom stereocenters. The second-order valence-electron chi connectivity index (χ2n) is 3.99. The van der Waals surface area contributed by atoms with Gasteiger partial charge < -0.3 is 15.8 Å². The average molecular weight is 243 g/mol. The third-order valence-corrected chi connectivity index (χ3v) is 2.80. The predicted molar refractivity (Wildman–Crippen MR) is 69.5 cm³/mol. The zero-order valence-electron chi connectivity index (χ0n) is 10.0. The summed E-state index contributed by atoms with van der Waals surface area (Å²) in [5, 5.41) is 4.01. The van der Waals surface area contributed by atoms with Crippen molar-refractivity contribution in [2.75, 3.05) is 19.0 Å². The molecule has 0 aliphatic rings. The lowest BCUT2D eigenvalue weighted by atomic mass is 10.2. The van der Waals surface area contributed by atoms with Gasteiger partial charge in [0.25, 0.3) is 0 Å². The summed E-state index contributed by atoms with van der Waals surface area (Å²) in [6.45, 7) is 4.75. The fourth-order valence-corrected chi connectivity index (χ4v) is 1.56. The number of methoxy groups -OCH3 is 1. The molecule has 0 heterocycles. The highest BCUT2D eigenvalue weighted by Gasteiger charge is 2.06. The van der Waals surface area contributed by atoms with E-state index in [9.17, 15) is 0 Å². The molecule has 0 spiro atoms. The average Bonchev–Trinajstić information content (AvgIpc) is 2.22. The molecule has 1 unspecified atom stereocenters. The zero-order valence-corrected chi connectivity index (χ0v) is 10.8. The van der Waals surface area contributed by atoms with Crippen LogP contribution in [-0.4, -0.2) is 19.7 Å². The van der Waals surface area contributed by atoms with Crippen molar-refractivity contribution < 1.29 is 4.74 Å². The van der Waals surface area contributed by atoms with Gasteiger partial charge in [0, 0.05) is 17.6 Å². The third kappa shape index (κ3) is 3.58. The van der Waals surface area contributed by atoms with Crippen molar-refractivity contribution >= 4 is 17.3 Å². The van der Waals surface area contributed by atoms with Gasteiger partial charge in [-0.1, -0.05) is 11.6 Å². The minimum atomic E-state index is 0.194. The molecule has 1 aromatic rings. The van der Waals surface area contributed by atoms with Gasteiger partial charge in [0.1, 0.15) is 5.75 Å². The zero-order chi connectivity index (χ0) is 12.1. The molecule has 0 saturated heterocycles. The smallest absolute Gasteiger partial charge is 0.142 e. The molecule has 1 rings (SSSR count). The topological polar surface area (TPSA) is 47.3 Å². The first-order valence-electron chi connectivity index (χ1n) is 5.38. The van der Waals surface area contributed by atoms with E-state index >= 15 is 0 Å². The number of nitrogens with two attached hydrogens (primary N) is 1. The molecule has 0 bridgehead atoms. The summed E-state index contributed by atoms with van der Waals surface area (Å²) in [5.41, 5.74) is 7.61. The Morgan fingerprint density at radius 1 is 1.50 bits per heavy atom. The Kier molecular flexibility index (Phi) is 4.90. The maximum atomic E-state index is 6.06. The van der Waals surface area contributed by atoms with Gasteiger partial charge in [-0.3, -0.25) is 0 Å². The first-order chi connectivity index (χ1) is 7.54. The van der Waals surface area contributed by atoms with E-state index in [-0.39, 0.29) is 6.04 Å². The van der Waals surface area contributed by atoms with Crippen LogP contribution in [0.4, 0.5) is 5.69 Å². The van der Waals surface area contributed by atoms with Crippen LogP contribution < -0.4 is 15.8 Å². The summed E-state index contributed by atoms with van der Waals surface area (Å²) in [4.78, 5) is 0. The molecule has 0 aliphatic carbocycles. The van der Waals surface area contributed by atoms with Crippen LogP contribution in [0.2, 0.25) is 5.02 Å². The number of hydrogen-bond acceptors (Lipinski definition) is 3. The van der Waals surface area contributed by atoms with Gasteiger partial charge in [0.15, 0.2) is 0 Å². The van der Waals surface area contributed by atoms with Crippen LogP contribution in [0.1, 0.15) is 18.9 Å². The molecule has 0 fully saturated rings. The maximum Gasteiger partial charge on any atom is 0.142 e. The van der Waals surface area contributed by atoms with E-state index < -0.39 is 0 Å². The van der Waals surface area contributed by atoms with Gasteiger partial charge in [-0.15, -0.1) is 0 Å². The quantitative estimate of drug-likeness (QED) is 0.835. The van der Waals surface area contributed by atoms with Crippen molar-refractivity contribution in [1.29, 1.82) is 0 Å². The molecule has 3 nitrogen and oxygen atoms in total. The molecular weight excluding hydrogens is 224 g/mol. The first-order valence-corrected chi connectivity index (χ1v) is 5.76. The lowest BCUT2D eigenvalue weighted by Crippen LogP contribution is -2.19. The molecule has 0 saturated carbocycles. The van der Waals surface area contributed by atoms with Gasteiger partial charge in [0.05, 0.1) is 12.8 Å². The highest BCUT2D eigenvalue weighted by molar-refractivity contribution is 6.31. The highest BCUT2D eigenvalue weighted by atomic mass is 35.5. The number of halogens is 1. The molecule has 3 N–H and O–H groups in total. The number of hydrogen-bond donors (Lipinski definition) is 2. The molecule has 16 heavy (non-hydrogen) atoms. The van der Waals surface area contributed by atoms with Gasteiger partial charge in [-0.05, 0) is 38.0 Å². The van der Waals surface area contributed by atoms with Crippen LogP contribution >= 0.6 is 11.6 Å². The molecule has 1 aromatic carbocycles. The van der Waals surface area contributed by atoms with Crippen LogP contribution in [0.25, 0.3) is 0 Å². The lowest BCUT2D eigenvalue weighted by Gasteiger charge is -2.13. The van der Waals surface area contributed by atoms with E-state index in [1.165, 1.54) is 0 Å². The van der Waals surface area contributed by atoms with Gasteiger partial charge in [0.2, 0.25) is 0 Å². The second-order valence-corrected chi connectivity index (χ2v) is 4.40. The number of aryl methyl sites for hydroxylation is 1. The molecule has 0 radical (unpaired) electrons. The van der Waals surface area contributed by atoms with E-state index in [0.29, 0.717) is 0 Å². The first kappa shape index (κ1) is 13.1. The van der Waals surface area contributed by atoms with Crippen molar-refractivity contribution in [2.24, 2.45) is 5.73 Å². The summed E-state index contributed by atoms with van der Waals surface area (Å²) in [6.07, 6.45) is 0.911. The lowest BCUT2D eigenvalue weighted by molar-refractivity contribution is 0.416. The Morgan fingerprint density at radius 2 is 2.19 bits per heavy atom. The van der Waals surface area contributed by atoms with Crippen molar-refractivity contribution in [2.45, 2.75) is 26.3 Å². The fourth-order valence-electron chi connectivity index (χ4n) is 1.40. The van der Waals surface area contributed by atoms with Crippen molar-refractivity contribution in [3.05, 3.63) is 22.7 Å². The molecule has 0 amide bonds. The highest BCUT2D eigenvalue weighted by Crippen LogP contribution is 2.30. The summed E-state index contributed by atoms with van der Waals surface area (Å²) in [6, 6.07) is 4.01. The Bertz CT molecular complexity index is 353. The Labute approximate surface area is 102 Å². The maximum absolute atomic E-state index is 6.06. The molecular formula is C12H19ClN2O. The minimum absolute atomic E-state index is 0.194. The van der Waals surface area contributed by atoms with Gasteiger partial charge >= 0.3 is 0 Å². The van der Waals surface area contributed by atoms with E-state index in [1.807, 2.05) is 26.0 Å². The molecule has 0 aromatic heterocycles. The van der Waals surface area contributed by atoms with Crippen molar-refractivity contribution in [3.8, 4) is 5.75 Å². The monoisotopic (exact) mass is 242 g/mol. The standard InChI is InChI=1S/C12H19ClN2O/c1-8-6-12(16-3)11(7-10(8)13)15-5-4-9(2)14/h6-7,9,15H,4-5,14H2,1-3H3. The van der Waals surface area contributed by atoms with Gasteiger partial charge in [-0.25, -0.2) is 0 Å². The molecule has 4 heteroatoms. The van der Waals surface area contributed by atoms with E-state index in [1.54, 1.807) is 7.11 Å². The second kappa shape index (κ2) is 5.97. The van der Waals surface area contributed by atoms with Crippen LogP contribution in [0.15, 0.2) is 12.1 Å². The summed E-state index contributed by atoms with van der Waals surface area (Å²) < 4.78 is 5.29. The van der Waals surface area contributed by atoms with Crippen LogP contribution in [0.3, 0.4) is 0 Å². The predicted octanol–water partition coefficient (Wildman–Crippen LogP) is 2.81. The van der Waals surface area contributed by atoms with Gasteiger partial charge in [-0.2, -0.15) is 0 Å². The fraction of sp³-hybridized carbons (Fsp3) is 0.500. The normalized spacial score (nSPS) is 12.3. The number of rotatable bonds is 5. The third-order valence-electron chi connectivity index (χ3n) is 2.40. The van der Waals surface area contributed by atoms with E-state index in [4.69, 9.17) is 22.1 Å². The van der Waals surface area contributed by atoms with Crippen molar-refractivity contribution in [1.82, 2.24) is 0 Å². The molecule has 90 valence electrons. The Morgan fingerprint density at radius 3 is 2.75 bits per heavy atom. The van der Waals surface area contributed by atoms with Crippen molar-refractivity contribution in [3.63, 3.8) is 0 Å². The summed E-state index contributed by atoms with van der Waals surface area (Å²) >= 11 is 6.06. The molecule has 0 aliphatic heterocycles. The van der Waals surface area contributed by atoms with Crippen LogP contribution in [-0.2, 0) is 0 Å². The van der Waals surface area contributed by atoms with E-state index in [0.717, 1.165) is 35.0 Å². The number of benzene rings is 1. The SMILES string of the molecule is COc1cc(C)c(Cl)cc1NCCC(C)N.